The minimum absolute atomic E-state index is 0.0400. The van der Waals surface area contributed by atoms with Gasteiger partial charge in [-0.2, -0.15) is 5.10 Å². The number of benzene rings is 1. The van der Waals surface area contributed by atoms with Crippen LogP contribution in [0.3, 0.4) is 0 Å². The fraction of sp³-hybridized carbons (Fsp3) is 0.154. The van der Waals surface area contributed by atoms with Crippen LogP contribution >= 0.6 is 0 Å². The van der Waals surface area contributed by atoms with E-state index in [0.29, 0.717) is 11.3 Å². The van der Waals surface area contributed by atoms with Crippen LogP contribution in [0.1, 0.15) is 26.4 Å². The van der Waals surface area contributed by atoms with Crippen LogP contribution in [0.5, 0.6) is 5.75 Å². The first-order chi connectivity index (χ1) is 9.40. The molecule has 7 nitrogen and oxygen atoms in total. The highest BCUT2D eigenvalue weighted by Gasteiger charge is 2.17. The Kier molecular flexibility index (Phi) is 3.43. The van der Waals surface area contributed by atoms with E-state index in [1.165, 1.54) is 22.9 Å². The third-order valence-electron chi connectivity index (χ3n) is 2.77. The second-order valence-electron chi connectivity index (χ2n) is 4.26. The summed E-state index contributed by atoms with van der Waals surface area (Å²) in [5, 5.41) is 25.2. The molecular weight excluding hydrogens is 262 g/mol. The fourth-order valence-electron chi connectivity index (χ4n) is 1.83. The van der Waals surface area contributed by atoms with Crippen LogP contribution in [0.25, 0.3) is 0 Å². The number of hydrogen-bond acceptors (Lipinski definition) is 4. The van der Waals surface area contributed by atoms with E-state index in [2.05, 4.69) is 10.4 Å². The highest BCUT2D eigenvalue weighted by molar-refractivity contribution is 6.06. The SMILES string of the molecule is Cc1nn(C)cc1C(=O)Nc1cccc(C(=O)O)c1O. The molecular formula is C13H13N3O4. The van der Waals surface area contributed by atoms with Crippen molar-refractivity contribution < 1.29 is 19.8 Å². The number of aryl methyl sites for hydroxylation is 2. The number of aromatic hydroxyl groups is 1. The highest BCUT2D eigenvalue weighted by Crippen LogP contribution is 2.27. The van der Waals surface area contributed by atoms with E-state index in [-0.39, 0.29) is 11.3 Å². The first-order valence-corrected chi connectivity index (χ1v) is 5.77. The number of amides is 1. The number of carboxylic acid groups (broad SMARTS) is 1. The number of carbonyl (C=O) groups excluding carboxylic acids is 1. The van der Waals surface area contributed by atoms with Crippen molar-refractivity contribution in [2.45, 2.75) is 6.92 Å². The number of carbonyl (C=O) groups is 2. The normalized spacial score (nSPS) is 10.3. The molecule has 3 N–H and O–H groups in total. The Morgan fingerprint density at radius 2 is 2.00 bits per heavy atom. The average molecular weight is 275 g/mol. The molecule has 0 atom stereocenters. The standard InChI is InChI=1S/C13H13N3O4/c1-7-9(6-16(2)15-7)12(18)14-10-5-3-4-8(11(10)17)13(19)20/h3-6,17H,1-2H3,(H,14,18)(H,19,20). The van der Waals surface area contributed by atoms with E-state index in [1.54, 1.807) is 20.2 Å². The van der Waals surface area contributed by atoms with Gasteiger partial charge in [0.05, 0.1) is 16.9 Å². The molecule has 0 radical (unpaired) electrons. The molecule has 0 aliphatic rings. The van der Waals surface area contributed by atoms with Gasteiger partial charge in [-0.3, -0.25) is 9.48 Å². The first-order valence-electron chi connectivity index (χ1n) is 5.77. The molecule has 0 fully saturated rings. The second kappa shape index (κ2) is 5.04. The lowest BCUT2D eigenvalue weighted by molar-refractivity contribution is 0.0693. The number of anilines is 1. The number of nitrogens with zero attached hydrogens (tertiary/aromatic N) is 2. The van der Waals surface area contributed by atoms with Crippen molar-refractivity contribution in [1.82, 2.24) is 9.78 Å². The molecule has 20 heavy (non-hydrogen) atoms. The number of para-hydroxylation sites is 1. The smallest absolute Gasteiger partial charge is 0.339 e. The van der Waals surface area contributed by atoms with Crippen LogP contribution in [0, 0.1) is 6.92 Å². The van der Waals surface area contributed by atoms with Gasteiger partial charge in [0.2, 0.25) is 0 Å². The lowest BCUT2D eigenvalue weighted by Gasteiger charge is -2.08. The van der Waals surface area contributed by atoms with Gasteiger partial charge in [-0.1, -0.05) is 6.07 Å². The third-order valence-corrected chi connectivity index (χ3v) is 2.77. The third kappa shape index (κ3) is 2.46. The molecule has 0 saturated carbocycles. The summed E-state index contributed by atoms with van der Waals surface area (Å²) in [6.45, 7) is 1.68. The van der Waals surface area contributed by atoms with Crippen LogP contribution in [0.2, 0.25) is 0 Å². The maximum absolute atomic E-state index is 12.1. The molecule has 0 aliphatic carbocycles. The van der Waals surface area contributed by atoms with Crippen molar-refractivity contribution in [2.75, 3.05) is 5.32 Å². The Balaban J connectivity index is 2.31. The van der Waals surface area contributed by atoms with Gasteiger partial charge in [0.15, 0.2) is 5.75 Å². The molecule has 104 valence electrons. The fourth-order valence-corrected chi connectivity index (χ4v) is 1.83. The summed E-state index contributed by atoms with van der Waals surface area (Å²) in [6, 6.07) is 4.11. The molecule has 1 aromatic carbocycles. The van der Waals surface area contributed by atoms with Crippen molar-refractivity contribution in [1.29, 1.82) is 0 Å². The number of aromatic carboxylic acids is 1. The van der Waals surface area contributed by atoms with Crippen LogP contribution < -0.4 is 5.32 Å². The highest BCUT2D eigenvalue weighted by atomic mass is 16.4. The number of phenols is 1. The average Bonchev–Trinajstić information content (AvgIpc) is 2.70. The van der Waals surface area contributed by atoms with E-state index >= 15 is 0 Å². The number of carboxylic acids is 1. The molecule has 0 unspecified atom stereocenters. The topological polar surface area (TPSA) is 104 Å². The van der Waals surface area contributed by atoms with Crippen LogP contribution in [0.15, 0.2) is 24.4 Å². The lowest BCUT2D eigenvalue weighted by Crippen LogP contribution is -2.13. The summed E-state index contributed by atoms with van der Waals surface area (Å²) in [7, 11) is 1.69. The molecule has 0 saturated heterocycles. The second-order valence-corrected chi connectivity index (χ2v) is 4.26. The van der Waals surface area contributed by atoms with Gasteiger partial charge in [-0.15, -0.1) is 0 Å². The molecule has 7 heteroatoms. The van der Waals surface area contributed by atoms with Gasteiger partial charge >= 0.3 is 5.97 Å². The molecule has 1 aromatic heterocycles. The van der Waals surface area contributed by atoms with E-state index in [0.717, 1.165) is 0 Å². The summed E-state index contributed by atoms with van der Waals surface area (Å²) >= 11 is 0. The molecule has 1 heterocycles. The number of aromatic nitrogens is 2. The maximum Gasteiger partial charge on any atom is 0.339 e. The Morgan fingerprint density at radius 1 is 1.30 bits per heavy atom. The molecule has 0 aliphatic heterocycles. The minimum atomic E-state index is -1.27. The largest absolute Gasteiger partial charge is 0.505 e. The monoisotopic (exact) mass is 275 g/mol. The Hall–Kier alpha value is -2.83. The van der Waals surface area contributed by atoms with Crippen molar-refractivity contribution in [3.8, 4) is 5.75 Å². The molecule has 1 amide bonds. The number of rotatable bonds is 3. The predicted molar refractivity (Wildman–Crippen MR) is 71.0 cm³/mol. The van der Waals surface area contributed by atoms with Crippen LogP contribution in [0.4, 0.5) is 5.69 Å². The van der Waals surface area contributed by atoms with Gasteiger partial charge in [0.1, 0.15) is 5.56 Å². The first kappa shape index (κ1) is 13.6. The minimum Gasteiger partial charge on any atom is -0.505 e. The van der Waals surface area contributed by atoms with E-state index in [1.807, 2.05) is 0 Å². The van der Waals surface area contributed by atoms with Crippen molar-refractivity contribution in [3.05, 3.63) is 41.2 Å². The zero-order valence-corrected chi connectivity index (χ0v) is 10.9. The zero-order chi connectivity index (χ0) is 14.9. The van der Waals surface area contributed by atoms with Gasteiger partial charge < -0.3 is 15.5 Å². The van der Waals surface area contributed by atoms with E-state index < -0.39 is 17.6 Å². The predicted octanol–water partition coefficient (Wildman–Crippen LogP) is 1.38. The molecule has 0 spiro atoms. The Bertz CT molecular complexity index is 691. The van der Waals surface area contributed by atoms with E-state index in [9.17, 15) is 14.7 Å². The van der Waals surface area contributed by atoms with Gasteiger partial charge in [-0.05, 0) is 19.1 Å². The van der Waals surface area contributed by atoms with Crippen LogP contribution in [-0.2, 0) is 7.05 Å². The van der Waals surface area contributed by atoms with Crippen molar-refractivity contribution in [2.24, 2.45) is 7.05 Å². The Morgan fingerprint density at radius 3 is 2.55 bits per heavy atom. The van der Waals surface area contributed by atoms with Crippen molar-refractivity contribution >= 4 is 17.6 Å². The summed E-state index contributed by atoms with van der Waals surface area (Å²) in [6.07, 6.45) is 1.54. The quantitative estimate of drug-likeness (QED) is 0.734. The maximum atomic E-state index is 12.1. The Labute approximate surface area is 114 Å². The summed E-state index contributed by atoms with van der Waals surface area (Å²) in [4.78, 5) is 23.0. The summed E-state index contributed by atoms with van der Waals surface area (Å²) < 4.78 is 1.50. The van der Waals surface area contributed by atoms with Crippen molar-refractivity contribution in [3.63, 3.8) is 0 Å². The van der Waals surface area contributed by atoms with E-state index in [4.69, 9.17) is 5.11 Å². The van der Waals surface area contributed by atoms with Gasteiger partial charge in [0.25, 0.3) is 5.91 Å². The summed E-state index contributed by atoms with van der Waals surface area (Å²) in [5.41, 5.74) is 0.662. The molecule has 2 rings (SSSR count). The zero-order valence-electron chi connectivity index (χ0n) is 10.9. The summed E-state index contributed by atoms with van der Waals surface area (Å²) in [5.74, 6) is -2.21. The van der Waals surface area contributed by atoms with Gasteiger partial charge in [0, 0.05) is 13.2 Å². The molecule has 2 aromatic rings. The van der Waals surface area contributed by atoms with Gasteiger partial charge in [-0.25, -0.2) is 4.79 Å². The molecule has 0 bridgehead atoms. The number of nitrogens with one attached hydrogen (secondary N) is 1. The lowest BCUT2D eigenvalue weighted by atomic mass is 10.1. The van der Waals surface area contributed by atoms with Crippen LogP contribution in [-0.4, -0.2) is 31.9 Å². The number of hydrogen-bond donors (Lipinski definition) is 3.